The molecule has 0 fully saturated rings. The van der Waals surface area contributed by atoms with Gasteiger partial charge in [0, 0.05) is 38.1 Å². The van der Waals surface area contributed by atoms with E-state index in [9.17, 15) is 9.59 Å². The predicted octanol–water partition coefficient (Wildman–Crippen LogP) is 7.40. The van der Waals surface area contributed by atoms with E-state index in [0.29, 0.717) is 37.9 Å². The van der Waals surface area contributed by atoms with Crippen LogP contribution in [0.3, 0.4) is 0 Å². The van der Waals surface area contributed by atoms with E-state index in [1.807, 2.05) is 17.5 Å². The Bertz CT molecular complexity index is 1310. The van der Waals surface area contributed by atoms with Gasteiger partial charge in [0.25, 0.3) is 0 Å². The fraction of sp³-hybridized carbons (Fsp3) is 0. The molecule has 1 heterocycles. The highest BCUT2D eigenvalue weighted by atomic mass is 35.5. The summed E-state index contributed by atoms with van der Waals surface area (Å²) in [7, 11) is 0. The van der Waals surface area contributed by atoms with Crippen LogP contribution in [0.25, 0.3) is 11.3 Å². The number of hydrogen-bond donors (Lipinski definition) is 4. The summed E-state index contributed by atoms with van der Waals surface area (Å²) >= 11 is 13.2. The second-order valence-electron chi connectivity index (χ2n) is 6.80. The quantitative estimate of drug-likeness (QED) is 0.231. The molecule has 0 saturated heterocycles. The zero-order valence-electron chi connectivity index (χ0n) is 16.9. The number of rotatable bonds is 5. The lowest BCUT2D eigenvalue weighted by molar-refractivity contribution is 0.261. The van der Waals surface area contributed by atoms with Crippen LogP contribution in [0.2, 0.25) is 10.0 Å². The SMILES string of the molecule is O=C(Nc1cccc(Cl)c1)Nc1cccc(-c2csc(NC(=O)Nc3cccc(Cl)c3)n2)c1. The summed E-state index contributed by atoms with van der Waals surface area (Å²) in [6, 6.07) is 20.2. The Hall–Kier alpha value is -3.59. The summed E-state index contributed by atoms with van der Waals surface area (Å²) in [5.74, 6) is 0. The van der Waals surface area contributed by atoms with Crippen LogP contribution in [-0.4, -0.2) is 17.0 Å². The van der Waals surface area contributed by atoms with E-state index < -0.39 is 12.1 Å². The van der Waals surface area contributed by atoms with Crippen molar-refractivity contribution >= 4 is 68.8 Å². The first-order valence-corrected chi connectivity index (χ1v) is 11.3. The second-order valence-corrected chi connectivity index (χ2v) is 8.53. The third-order valence-electron chi connectivity index (χ3n) is 4.31. The number of nitrogens with zero attached hydrogens (tertiary/aromatic N) is 1. The largest absolute Gasteiger partial charge is 0.325 e. The highest BCUT2D eigenvalue weighted by Crippen LogP contribution is 2.27. The van der Waals surface area contributed by atoms with E-state index in [1.165, 1.54) is 11.3 Å². The maximum atomic E-state index is 12.3. The van der Waals surface area contributed by atoms with Gasteiger partial charge in [0.15, 0.2) is 5.13 Å². The van der Waals surface area contributed by atoms with Crippen molar-refractivity contribution in [2.45, 2.75) is 0 Å². The lowest BCUT2D eigenvalue weighted by Crippen LogP contribution is -2.19. The lowest BCUT2D eigenvalue weighted by atomic mass is 10.1. The third kappa shape index (κ3) is 6.45. The number of hydrogen-bond acceptors (Lipinski definition) is 4. The van der Waals surface area contributed by atoms with E-state index >= 15 is 0 Å². The first-order chi connectivity index (χ1) is 15.9. The van der Waals surface area contributed by atoms with E-state index in [1.54, 1.807) is 60.7 Å². The molecule has 0 aliphatic rings. The molecule has 0 unspecified atom stereocenters. The smallest absolute Gasteiger partial charge is 0.308 e. The van der Waals surface area contributed by atoms with Crippen molar-refractivity contribution in [2.75, 3.05) is 21.3 Å². The highest BCUT2D eigenvalue weighted by Gasteiger charge is 2.10. The molecule has 0 spiro atoms. The number of carbonyl (C=O) groups excluding carboxylic acids is 2. The summed E-state index contributed by atoms with van der Waals surface area (Å²) in [4.78, 5) is 29.0. The Balaban J connectivity index is 1.38. The Morgan fingerprint density at radius 1 is 0.697 bits per heavy atom. The average molecular weight is 498 g/mol. The number of thiazole rings is 1. The number of amides is 4. The van der Waals surface area contributed by atoms with E-state index in [2.05, 4.69) is 26.3 Å². The first-order valence-electron chi connectivity index (χ1n) is 9.68. The lowest BCUT2D eigenvalue weighted by Gasteiger charge is -2.09. The summed E-state index contributed by atoms with van der Waals surface area (Å²) < 4.78 is 0. The third-order valence-corrected chi connectivity index (χ3v) is 5.53. The normalized spacial score (nSPS) is 10.4. The molecule has 0 aliphatic carbocycles. The fourth-order valence-corrected chi connectivity index (χ4v) is 4.00. The first kappa shape index (κ1) is 22.6. The number of halogens is 2. The van der Waals surface area contributed by atoms with Crippen molar-refractivity contribution in [1.82, 2.24) is 4.98 Å². The topological polar surface area (TPSA) is 95.2 Å². The minimum absolute atomic E-state index is 0.396. The van der Waals surface area contributed by atoms with Gasteiger partial charge in [-0.3, -0.25) is 5.32 Å². The van der Waals surface area contributed by atoms with Crippen LogP contribution in [0.5, 0.6) is 0 Å². The maximum absolute atomic E-state index is 12.3. The number of benzene rings is 3. The van der Waals surface area contributed by atoms with Gasteiger partial charge in [-0.1, -0.05) is 47.5 Å². The molecule has 3 aromatic carbocycles. The molecule has 0 radical (unpaired) electrons. The maximum Gasteiger partial charge on any atom is 0.325 e. The molecule has 7 nitrogen and oxygen atoms in total. The van der Waals surface area contributed by atoms with Crippen molar-refractivity contribution in [2.24, 2.45) is 0 Å². The average Bonchev–Trinajstić information content (AvgIpc) is 3.22. The second kappa shape index (κ2) is 10.4. The Kier molecular flexibility index (Phi) is 7.09. The van der Waals surface area contributed by atoms with Crippen LogP contribution in [0.15, 0.2) is 78.2 Å². The minimum Gasteiger partial charge on any atom is -0.308 e. The Morgan fingerprint density at radius 3 is 1.79 bits per heavy atom. The van der Waals surface area contributed by atoms with Crippen molar-refractivity contribution < 1.29 is 9.59 Å². The van der Waals surface area contributed by atoms with E-state index in [4.69, 9.17) is 23.2 Å². The molecule has 166 valence electrons. The molecular formula is C23H17Cl2N5O2S. The van der Waals surface area contributed by atoms with E-state index in [0.717, 1.165) is 5.56 Å². The van der Waals surface area contributed by atoms with Crippen LogP contribution < -0.4 is 21.3 Å². The van der Waals surface area contributed by atoms with Crippen LogP contribution in [0.1, 0.15) is 0 Å². The summed E-state index contributed by atoms with van der Waals surface area (Å²) in [5.41, 5.74) is 3.20. The molecule has 10 heteroatoms. The molecule has 0 saturated carbocycles. The van der Waals surface area contributed by atoms with Gasteiger partial charge in [0.05, 0.1) is 5.69 Å². The van der Waals surface area contributed by atoms with Gasteiger partial charge in [-0.05, 0) is 48.5 Å². The summed E-state index contributed by atoms with van der Waals surface area (Å²) in [6.45, 7) is 0. The fourth-order valence-electron chi connectivity index (χ4n) is 2.91. The van der Waals surface area contributed by atoms with Crippen LogP contribution in [0.4, 0.5) is 31.8 Å². The van der Waals surface area contributed by atoms with Crippen molar-refractivity contribution in [3.8, 4) is 11.3 Å². The van der Waals surface area contributed by atoms with Gasteiger partial charge in [0.1, 0.15) is 0 Å². The monoisotopic (exact) mass is 497 g/mol. The number of anilines is 4. The molecule has 4 rings (SSSR count). The molecule has 4 amide bonds. The molecule has 33 heavy (non-hydrogen) atoms. The number of aromatic nitrogens is 1. The number of nitrogens with one attached hydrogen (secondary N) is 4. The van der Waals surface area contributed by atoms with Crippen molar-refractivity contribution in [3.63, 3.8) is 0 Å². The zero-order valence-corrected chi connectivity index (χ0v) is 19.3. The van der Waals surface area contributed by atoms with Gasteiger partial charge in [-0.25, -0.2) is 14.6 Å². The summed E-state index contributed by atoms with van der Waals surface area (Å²) in [5, 5.41) is 14.2. The minimum atomic E-state index is -0.425. The van der Waals surface area contributed by atoms with Crippen molar-refractivity contribution in [3.05, 3.63) is 88.2 Å². The van der Waals surface area contributed by atoms with Gasteiger partial charge in [0.2, 0.25) is 0 Å². The van der Waals surface area contributed by atoms with Crippen LogP contribution in [-0.2, 0) is 0 Å². The van der Waals surface area contributed by atoms with Gasteiger partial charge in [-0.2, -0.15) is 0 Å². The van der Waals surface area contributed by atoms with Gasteiger partial charge >= 0.3 is 12.1 Å². The highest BCUT2D eigenvalue weighted by molar-refractivity contribution is 7.14. The summed E-state index contributed by atoms with van der Waals surface area (Å²) in [6.07, 6.45) is 0. The molecular weight excluding hydrogens is 481 g/mol. The molecule has 1 aromatic heterocycles. The van der Waals surface area contributed by atoms with Crippen molar-refractivity contribution in [1.29, 1.82) is 0 Å². The molecule has 0 bridgehead atoms. The predicted molar refractivity (Wildman–Crippen MR) is 136 cm³/mol. The van der Waals surface area contributed by atoms with E-state index in [-0.39, 0.29) is 0 Å². The number of urea groups is 2. The van der Waals surface area contributed by atoms with Crippen LogP contribution in [0, 0.1) is 0 Å². The van der Waals surface area contributed by atoms with Crippen LogP contribution >= 0.6 is 34.5 Å². The van der Waals surface area contributed by atoms with Gasteiger partial charge in [-0.15, -0.1) is 11.3 Å². The number of carbonyl (C=O) groups is 2. The van der Waals surface area contributed by atoms with Gasteiger partial charge < -0.3 is 16.0 Å². The molecule has 0 atom stereocenters. The molecule has 4 aromatic rings. The Morgan fingerprint density at radius 2 is 1.21 bits per heavy atom. The molecule has 0 aliphatic heterocycles. The Labute approximate surface area is 203 Å². The molecule has 4 N–H and O–H groups in total. The zero-order chi connectivity index (χ0) is 23.2. The standard InChI is InChI=1S/C23H17Cl2N5O2S/c24-15-5-2-8-18(11-15)27-21(31)26-17-7-1-4-14(10-17)20-13-33-23(29-20)30-22(32)28-19-9-3-6-16(25)12-19/h1-13H,(H2,26,27,31)(H2,28,29,30,32).